The number of nitrogens with two attached hydrogens (primary N) is 1. The molecule has 21 heavy (non-hydrogen) atoms. The topological polar surface area (TPSA) is 58.4 Å². The van der Waals surface area contributed by atoms with Gasteiger partial charge in [-0.05, 0) is 45.4 Å². The van der Waals surface area contributed by atoms with E-state index < -0.39 is 0 Å². The number of anilines is 1. The highest BCUT2D eigenvalue weighted by atomic mass is 35.5. The molecule has 0 saturated carbocycles. The summed E-state index contributed by atoms with van der Waals surface area (Å²) in [6.45, 7) is 5.46. The molecule has 1 aromatic rings. The number of likely N-dealkylation sites (tertiary alicyclic amines) is 1. The third-order valence-electron chi connectivity index (χ3n) is 3.95. The van der Waals surface area contributed by atoms with Crippen molar-refractivity contribution in [1.29, 1.82) is 0 Å². The molecule has 3 N–H and O–H groups in total. The number of rotatable bonds is 4. The fourth-order valence-corrected chi connectivity index (χ4v) is 2.83. The second-order valence-corrected chi connectivity index (χ2v) is 5.81. The van der Waals surface area contributed by atoms with E-state index in [1.165, 1.54) is 12.0 Å². The molecule has 1 aliphatic rings. The van der Waals surface area contributed by atoms with Crippen molar-refractivity contribution in [2.24, 2.45) is 5.73 Å². The van der Waals surface area contributed by atoms with Crippen molar-refractivity contribution in [3.05, 3.63) is 29.8 Å². The molecule has 0 bridgehead atoms. The van der Waals surface area contributed by atoms with Gasteiger partial charge in [0.1, 0.15) is 0 Å². The smallest absolute Gasteiger partial charge is 0.238 e. The maximum atomic E-state index is 12.1. The lowest BCUT2D eigenvalue weighted by molar-refractivity contribution is -0.118. The third kappa shape index (κ3) is 5.30. The van der Waals surface area contributed by atoms with Crippen molar-refractivity contribution >= 4 is 24.0 Å². The molecular weight excluding hydrogens is 286 g/mol. The van der Waals surface area contributed by atoms with Gasteiger partial charge in [0.05, 0.1) is 6.54 Å². The van der Waals surface area contributed by atoms with Crippen LogP contribution in [-0.4, -0.2) is 36.0 Å². The number of hydrogen-bond donors (Lipinski definition) is 2. The Morgan fingerprint density at radius 1 is 1.38 bits per heavy atom. The largest absolute Gasteiger partial charge is 0.327 e. The van der Waals surface area contributed by atoms with Crippen LogP contribution in [0.25, 0.3) is 0 Å². The Morgan fingerprint density at radius 2 is 2.05 bits per heavy atom. The van der Waals surface area contributed by atoms with E-state index >= 15 is 0 Å². The van der Waals surface area contributed by atoms with Gasteiger partial charge < -0.3 is 11.1 Å². The first-order chi connectivity index (χ1) is 9.56. The highest BCUT2D eigenvalue weighted by Crippen LogP contribution is 2.19. The number of amides is 1. The van der Waals surface area contributed by atoms with E-state index in [1.807, 2.05) is 38.1 Å². The first kappa shape index (κ1) is 18.0. The zero-order chi connectivity index (χ0) is 14.5. The quantitative estimate of drug-likeness (QED) is 0.898. The molecule has 1 aliphatic heterocycles. The van der Waals surface area contributed by atoms with Gasteiger partial charge in [-0.1, -0.05) is 24.1 Å². The van der Waals surface area contributed by atoms with E-state index in [2.05, 4.69) is 10.2 Å². The van der Waals surface area contributed by atoms with Crippen molar-refractivity contribution in [2.75, 3.05) is 18.4 Å². The van der Waals surface area contributed by atoms with Gasteiger partial charge in [0, 0.05) is 17.8 Å². The molecule has 2 atom stereocenters. The van der Waals surface area contributed by atoms with E-state index in [-0.39, 0.29) is 24.4 Å². The molecule has 2 unspecified atom stereocenters. The standard InChI is InChI=1S/C16H25N3O.ClH/c1-12-6-8-14(9-7-12)18-16(20)11-19-10-4-3-5-15(19)13(2)17;/h6-9,13,15H,3-5,10-11,17H2,1-2H3,(H,18,20);1H. The van der Waals surface area contributed by atoms with Crippen molar-refractivity contribution in [1.82, 2.24) is 4.90 Å². The molecule has 2 rings (SSSR count). The molecule has 1 amide bonds. The lowest BCUT2D eigenvalue weighted by atomic mass is 9.97. The second-order valence-electron chi connectivity index (χ2n) is 5.81. The van der Waals surface area contributed by atoms with Gasteiger partial charge in [-0.3, -0.25) is 9.69 Å². The molecule has 1 saturated heterocycles. The molecule has 0 radical (unpaired) electrons. The van der Waals surface area contributed by atoms with Crippen LogP contribution in [0.5, 0.6) is 0 Å². The third-order valence-corrected chi connectivity index (χ3v) is 3.95. The van der Waals surface area contributed by atoms with Crippen LogP contribution in [-0.2, 0) is 4.79 Å². The lowest BCUT2D eigenvalue weighted by Gasteiger charge is -2.37. The van der Waals surface area contributed by atoms with Crippen molar-refractivity contribution in [3.8, 4) is 0 Å². The summed E-state index contributed by atoms with van der Waals surface area (Å²) in [5.74, 6) is 0.0430. The molecule has 1 fully saturated rings. The summed E-state index contributed by atoms with van der Waals surface area (Å²) in [5, 5.41) is 2.95. The minimum absolute atomic E-state index is 0. The van der Waals surface area contributed by atoms with Gasteiger partial charge in [-0.2, -0.15) is 0 Å². The summed E-state index contributed by atoms with van der Waals surface area (Å²) in [4.78, 5) is 14.4. The van der Waals surface area contributed by atoms with Crippen molar-refractivity contribution < 1.29 is 4.79 Å². The van der Waals surface area contributed by atoms with E-state index in [1.54, 1.807) is 0 Å². The lowest BCUT2D eigenvalue weighted by Crippen LogP contribution is -2.51. The van der Waals surface area contributed by atoms with Gasteiger partial charge in [0.2, 0.25) is 5.91 Å². The molecule has 0 aliphatic carbocycles. The Hall–Kier alpha value is -1.10. The van der Waals surface area contributed by atoms with E-state index in [0.29, 0.717) is 12.6 Å². The zero-order valence-electron chi connectivity index (χ0n) is 12.8. The summed E-state index contributed by atoms with van der Waals surface area (Å²) in [6, 6.07) is 8.32. The SMILES string of the molecule is Cc1ccc(NC(=O)CN2CCCCC2C(C)N)cc1.Cl. The summed E-state index contributed by atoms with van der Waals surface area (Å²) >= 11 is 0. The van der Waals surface area contributed by atoms with Crippen molar-refractivity contribution in [2.45, 2.75) is 45.2 Å². The first-order valence-electron chi connectivity index (χ1n) is 7.42. The molecule has 118 valence electrons. The number of hydrogen-bond acceptors (Lipinski definition) is 3. The van der Waals surface area contributed by atoms with E-state index in [9.17, 15) is 4.79 Å². The van der Waals surface area contributed by atoms with Crippen LogP contribution in [0.15, 0.2) is 24.3 Å². The zero-order valence-corrected chi connectivity index (χ0v) is 13.7. The van der Waals surface area contributed by atoms with E-state index in [0.717, 1.165) is 25.1 Å². The highest BCUT2D eigenvalue weighted by Gasteiger charge is 2.26. The minimum atomic E-state index is 0. The van der Waals surface area contributed by atoms with Gasteiger partial charge in [0.25, 0.3) is 0 Å². The average molecular weight is 312 g/mol. The van der Waals surface area contributed by atoms with Crippen LogP contribution < -0.4 is 11.1 Å². The summed E-state index contributed by atoms with van der Waals surface area (Å²) in [6.07, 6.45) is 3.46. The second kappa shape index (κ2) is 8.37. The Morgan fingerprint density at radius 3 is 2.67 bits per heavy atom. The van der Waals surface area contributed by atoms with Crippen LogP contribution in [0.2, 0.25) is 0 Å². The summed E-state index contributed by atoms with van der Waals surface area (Å²) < 4.78 is 0. The normalized spacial score (nSPS) is 20.4. The average Bonchev–Trinajstić information content (AvgIpc) is 2.41. The summed E-state index contributed by atoms with van der Waals surface area (Å²) in [7, 11) is 0. The minimum Gasteiger partial charge on any atom is -0.327 e. The molecular formula is C16H26ClN3O. The number of carbonyl (C=O) groups is 1. The van der Waals surface area contributed by atoms with Gasteiger partial charge >= 0.3 is 0 Å². The Balaban J connectivity index is 0.00000220. The van der Waals surface area contributed by atoms with Crippen LogP contribution in [0, 0.1) is 6.92 Å². The molecule has 1 aromatic carbocycles. The number of carbonyl (C=O) groups excluding carboxylic acids is 1. The first-order valence-corrected chi connectivity index (χ1v) is 7.42. The number of halogens is 1. The number of piperidine rings is 1. The number of nitrogens with one attached hydrogen (secondary N) is 1. The van der Waals surface area contributed by atoms with Crippen LogP contribution in [0.3, 0.4) is 0 Å². The number of aryl methyl sites for hydroxylation is 1. The predicted molar refractivity (Wildman–Crippen MR) is 89.9 cm³/mol. The van der Waals surface area contributed by atoms with Gasteiger partial charge in [-0.25, -0.2) is 0 Å². The predicted octanol–water partition coefficient (Wildman–Crippen LogP) is 2.56. The molecule has 4 nitrogen and oxygen atoms in total. The Kier molecular flexibility index (Phi) is 7.15. The Labute approximate surface area is 133 Å². The van der Waals surface area contributed by atoms with E-state index in [4.69, 9.17) is 5.73 Å². The Bertz CT molecular complexity index is 447. The number of benzene rings is 1. The molecule has 0 aromatic heterocycles. The van der Waals surface area contributed by atoms with Gasteiger partial charge in [-0.15, -0.1) is 12.4 Å². The fraction of sp³-hybridized carbons (Fsp3) is 0.562. The monoisotopic (exact) mass is 311 g/mol. The van der Waals surface area contributed by atoms with Crippen LogP contribution >= 0.6 is 12.4 Å². The van der Waals surface area contributed by atoms with Gasteiger partial charge in [0.15, 0.2) is 0 Å². The molecule has 5 heteroatoms. The molecule has 0 spiro atoms. The number of nitrogens with zero attached hydrogens (tertiary/aromatic N) is 1. The molecule has 1 heterocycles. The maximum absolute atomic E-state index is 12.1. The van der Waals surface area contributed by atoms with Crippen LogP contribution in [0.4, 0.5) is 5.69 Å². The summed E-state index contributed by atoms with van der Waals surface area (Å²) in [5.41, 5.74) is 8.08. The van der Waals surface area contributed by atoms with Crippen LogP contribution in [0.1, 0.15) is 31.7 Å². The maximum Gasteiger partial charge on any atom is 0.238 e. The van der Waals surface area contributed by atoms with Crippen molar-refractivity contribution in [3.63, 3.8) is 0 Å². The fourth-order valence-electron chi connectivity index (χ4n) is 2.83. The highest BCUT2D eigenvalue weighted by molar-refractivity contribution is 5.92.